The number of benzene rings is 1. The summed E-state index contributed by atoms with van der Waals surface area (Å²) >= 11 is 0. The van der Waals surface area contributed by atoms with Gasteiger partial charge in [0.1, 0.15) is 11.5 Å². The van der Waals surface area contributed by atoms with E-state index in [1.165, 1.54) is 0 Å². The summed E-state index contributed by atoms with van der Waals surface area (Å²) in [6.45, 7) is 4.33. The number of ether oxygens (including phenoxy) is 1. The van der Waals surface area contributed by atoms with Crippen LogP contribution in [0.4, 0.5) is 5.69 Å². The summed E-state index contributed by atoms with van der Waals surface area (Å²) in [7, 11) is 0. The molecule has 1 aliphatic heterocycles. The third-order valence-electron chi connectivity index (χ3n) is 2.78. The van der Waals surface area contributed by atoms with Gasteiger partial charge in [-0.25, -0.2) is 0 Å². The molecule has 0 atom stereocenters. The summed E-state index contributed by atoms with van der Waals surface area (Å²) in [4.78, 5) is 24.8. The molecule has 1 fully saturated rings. The van der Waals surface area contributed by atoms with Crippen LogP contribution in [0.1, 0.15) is 26.7 Å². The lowest BCUT2D eigenvalue weighted by Gasteiger charge is -2.28. The molecule has 0 aromatic heterocycles. The van der Waals surface area contributed by atoms with Gasteiger partial charge < -0.3 is 9.64 Å². The summed E-state index contributed by atoms with van der Waals surface area (Å²) in [5.41, 5.74) is 0.753. The molecule has 1 aromatic rings. The molecule has 0 radical (unpaired) electrons. The molecule has 18 heavy (non-hydrogen) atoms. The van der Waals surface area contributed by atoms with Gasteiger partial charge >= 0.3 is 0 Å². The lowest BCUT2D eigenvalue weighted by atomic mass is 10.1. The summed E-state index contributed by atoms with van der Waals surface area (Å²) in [6.07, 6.45) is 0.463. The quantitative estimate of drug-likeness (QED) is 0.769. The van der Waals surface area contributed by atoms with Crippen molar-refractivity contribution in [2.45, 2.75) is 32.8 Å². The van der Waals surface area contributed by atoms with Crippen LogP contribution >= 0.6 is 0 Å². The molecule has 1 aliphatic rings. The van der Waals surface area contributed by atoms with Gasteiger partial charge in [0.05, 0.1) is 18.2 Å². The maximum Gasteiger partial charge on any atom is 0.234 e. The van der Waals surface area contributed by atoms with Crippen molar-refractivity contribution in [3.63, 3.8) is 0 Å². The van der Waals surface area contributed by atoms with Crippen LogP contribution in [0.25, 0.3) is 0 Å². The first-order chi connectivity index (χ1) is 8.58. The number of carbonyl (C=O) groups excluding carboxylic acids is 2. The molecule has 1 amide bonds. The van der Waals surface area contributed by atoms with Gasteiger partial charge in [-0.2, -0.15) is 0 Å². The van der Waals surface area contributed by atoms with E-state index in [0.717, 1.165) is 5.69 Å². The molecule has 96 valence electrons. The highest BCUT2D eigenvalue weighted by Crippen LogP contribution is 2.30. The van der Waals surface area contributed by atoms with Crippen molar-refractivity contribution >= 4 is 17.4 Å². The number of hydrogen-bond donors (Lipinski definition) is 0. The Kier molecular flexibility index (Phi) is 3.65. The number of hydrogen-bond acceptors (Lipinski definition) is 3. The molecule has 0 N–H and O–H groups in total. The average molecular weight is 247 g/mol. The Morgan fingerprint density at radius 2 is 1.94 bits per heavy atom. The number of piperidine rings is 1. The molecule has 0 unspecified atom stereocenters. The minimum Gasteiger partial charge on any atom is -0.489 e. The number of rotatable bonds is 3. The Bertz CT molecular complexity index is 468. The molecule has 0 saturated carbocycles. The van der Waals surface area contributed by atoms with E-state index in [1.807, 2.05) is 38.1 Å². The second-order valence-corrected chi connectivity index (χ2v) is 4.65. The molecule has 4 heteroatoms. The zero-order chi connectivity index (χ0) is 13.1. The van der Waals surface area contributed by atoms with Gasteiger partial charge in [0.2, 0.25) is 5.91 Å². The minimum atomic E-state index is -0.147. The first-order valence-electron chi connectivity index (χ1n) is 6.15. The number of nitrogens with zero attached hydrogens (tertiary/aromatic N) is 1. The van der Waals surface area contributed by atoms with Gasteiger partial charge in [0.25, 0.3) is 0 Å². The fraction of sp³-hybridized carbons (Fsp3) is 0.429. The highest BCUT2D eigenvalue weighted by Gasteiger charge is 2.26. The van der Waals surface area contributed by atoms with Crippen LogP contribution in [-0.4, -0.2) is 24.3 Å². The number of carbonyl (C=O) groups is 2. The molecule has 4 nitrogen and oxygen atoms in total. The van der Waals surface area contributed by atoms with Crippen LogP contribution in [0.15, 0.2) is 24.3 Å². The van der Waals surface area contributed by atoms with Crippen molar-refractivity contribution in [2.75, 3.05) is 11.4 Å². The fourth-order valence-electron chi connectivity index (χ4n) is 2.00. The number of Topliss-reactive ketones (excluding diaryl/α,β-unsaturated/α-hetero) is 1. The van der Waals surface area contributed by atoms with Crippen LogP contribution in [0.3, 0.4) is 0 Å². The smallest absolute Gasteiger partial charge is 0.234 e. The molecule has 0 aliphatic carbocycles. The Balaban J connectivity index is 2.27. The zero-order valence-corrected chi connectivity index (χ0v) is 10.7. The van der Waals surface area contributed by atoms with E-state index in [4.69, 9.17) is 4.74 Å². The predicted molar refractivity (Wildman–Crippen MR) is 68.8 cm³/mol. The largest absolute Gasteiger partial charge is 0.489 e. The molecule has 1 saturated heterocycles. The number of para-hydroxylation sites is 2. The second kappa shape index (κ2) is 5.21. The summed E-state index contributed by atoms with van der Waals surface area (Å²) in [6, 6.07) is 7.44. The van der Waals surface area contributed by atoms with Crippen LogP contribution < -0.4 is 9.64 Å². The van der Waals surface area contributed by atoms with Gasteiger partial charge in [-0.05, 0) is 26.0 Å². The SMILES string of the molecule is CC(C)Oc1ccccc1N1CCC(=O)CC1=O. The van der Waals surface area contributed by atoms with Crippen molar-refractivity contribution in [1.82, 2.24) is 0 Å². The topological polar surface area (TPSA) is 46.6 Å². The van der Waals surface area contributed by atoms with E-state index in [9.17, 15) is 9.59 Å². The lowest BCUT2D eigenvalue weighted by Crippen LogP contribution is -2.39. The molecule has 1 aromatic carbocycles. The van der Waals surface area contributed by atoms with E-state index >= 15 is 0 Å². The van der Waals surface area contributed by atoms with Gasteiger partial charge in [-0.3, -0.25) is 9.59 Å². The van der Waals surface area contributed by atoms with E-state index < -0.39 is 0 Å². The van der Waals surface area contributed by atoms with E-state index in [-0.39, 0.29) is 24.2 Å². The lowest BCUT2D eigenvalue weighted by molar-refractivity contribution is -0.128. The van der Waals surface area contributed by atoms with Crippen molar-refractivity contribution in [3.05, 3.63) is 24.3 Å². The molecule has 0 bridgehead atoms. The number of ketones is 1. The van der Waals surface area contributed by atoms with Gasteiger partial charge in [-0.1, -0.05) is 12.1 Å². The molecular formula is C14H17NO3. The number of anilines is 1. The Hall–Kier alpha value is -1.84. The van der Waals surface area contributed by atoms with Gasteiger partial charge in [-0.15, -0.1) is 0 Å². The summed E-state index contributed by atoms with van der Waals surface area (Å²) in [5.74, 6) is 0.555. The van der Waals surface area contributed by atoms with E-state index in [2.05, 4.69) is 0 Å². The first-order valence-corrected chi connectivity index (χ1v) is 6.15. The maximum atomic E-state index is 11.9. The van der Waals surface area contributed by atoms with Crippen molar-refractivity contribution in [3.8, 4) is 5.75 Å². The second-order valence-electron chi connectivity index (χ2n) is 4.65. The Labute approximate surface area is 107 Å². The van der Waals surface area contributed by atoms with E-state index in [0.29, 0.717) is 18.7 Å². The van der Waals surface area contributed by atoms with Crippen LogP contribution in [0.2, 0.25) is 0 Å². The highest BCUT2D eigenvalue weighted by molar-refractivity contribution is 6.09. The Morgan fingerprint density at radius 3 is 2.61 bits per heavy atom. The monoisotopic (exact) mass is 247 g/mol. The normalized spacial score (nSPS) is 16.3. The number of amides is 1. The summed E-state index contributed by atoms with van der Waals surface area (Å²) in [5, 5.41) is 0. The van der Waals surface area contributed by atoms with Crippen molar-refractivity contribution in [2.24, 2.45) is 0 Å². The third kappa shape index (κ3) is 2.70. The molecule has 0 spiro atoms. The van der Waals surface area contributed by atoms with Crippen molar-refractivity contribution in [1.29, 1.82) is 0 Å². The van der Waals surface area contributed by atoms with Crippen LogP contribution in [0.5, 0.6) is 5.75 Å². The van der Waals surface area contributed by atoms with Gasteiger partial charge in [0.15, 0.2) is 0 Å². The van der Waals surface area contributed by atoms with Crippen LogP contribution in [-0.2, 0) is 9.59 Å². The third-order valence-corrected chi connectivity index (χ3v) is 2.78. The predicted octanol–water partition coefficient (Wildman–Crippen LogP) is 2.17. The van der Waals surface area contributed by atoms with Crippen molar-refractivity contribution < 1.29 is 14.3 Å². The summed E-state index contributed by atoms with van der Waals surface area (Å²) < 4.78 is 5.69. The molecular weight excluding hydrogens is 230 g/mol. The first kappa shape index (κ1) is 12.6. The zero-order valence-electron chi connectivity index (χ0n) is 10.7. The minimum absolute atomic E-state index is 0.00396. The molecule has 1 heterocycles. The maximum absolute atomic E-state index is 11.9. The van der Waals surface area contributed by atoms with E-state index in [1.54, 1.807) is 4.90 Å². The molecule has 2 rings (SSSR count). The fourth-order valence-corrected chi connectivity index (χ4v) is 2.00. The average Bonchev–Trinajstić information content (AvgIpc) is 2.30. The van der Waals surface area contributed by atoms with Gasteiger partial charge in [0, 0.05) is 13.0 Å². The Morgan fingerprint density at radius 1 is 1.22 bits per heavy atom. The highest BCUT2D eigenvalue weighted by atomic mass is 16.5. The standard InChI is InChI=1S/C14H17NO3/c1-10(2)18-13-6-4-3-5-12(13)15-8-7-11(16)9-14(15)17/h3-6,10H,7-9H2,1-2H3. The van der Waals surface area contributed by atoms with Crippen LogP contribution in [0, 0.1) is 0 Å².